The quantitative estimate of drug-likeness (QED) is 0.586. The molecule has 3 rings (SSSR count). The fraction of sp³-hybridized carbons (Fsp3) is 0.0625. The van der Waals surface area contributed by atoms with Crippen LogP contribution in [-0.4, -0.2) is 20.5 Å². The number of hydrogen-bond acceptors (Lipinski definition) is 5. The number of para-hydroxylation sites is 1. The van der Waals surface area contributed by atoms with Crippen molar-refractivity contribution in [2.75, 3.05) is 11.5 Å². The van der Waals surface area contributed by atoms with Gasteiger partial charge in [-0.3, -0.25) is 4.98 Å². The molecule has 0 aliphatic carbocycles. The fourth-order valence-corrected chi connectivity index (χ4v) is 3.42. The van der Waals surface area contributed by atoms with Gasteiger partial charge in [-0.2, -0.15) is 12.8 Å². The van der Waals surface area contributed by atoms with Crippen LogP contribution in [0.3, 0.4) is 0 Å². The number of nitrogens with zero attached hydrogens (tertiary/aromatic N) is 2. The molecule has 1 heterocycles. The van der Waals surface area contributed by atoms with Crippen LogP contribution >= 0.6 is 0 Å². The van der Waals surface area contributed by atoms with Gasteiger partial charge in [-0.25, -0.2) is 5.84 Å². The molecule has 0 radical (unpaired) electrons. The Morgan fingerprint density at radius 3 is 2.61 bits per heavy atom. The number of benzene rings is 2. The second-order valence-corrected chi connectivity index (χ2v) is 6.65. The Labute approximate surface area is 134 Å². The SMILES string of the molecule is COc1cccc(S(=O)(=O)N(N)c2cccc3cccnc23)c1. The molecule has 7 heteroatoms. The third-order valence-corrected chi connectivity index (χ3v) is 5.01. The number of anilines is 1. The van der Waals surface area contributed by atoms with Crippen LogP contribution in [-0.2, 0) is 10.0 Å². The predicted molar refractivity (Wildman–Crippen MR) is 88.6 cm³/mol. The molecule has 2 N–H and O–H groups in total. The van der Waals surface area contributed by atoms with Crippen LogP contribution in [0.1, 0.15) is 0 Å². The van der Waals surface area contributed by atoms with E-state index in [1.807, 2.05) is 12.1 Å². The molecule has 118 valence electrons. The van der Waals surface area contributed by atoms with Gasteiger partial charge in [0.25, 0.3) is 10.0 Å². The number of rotatable bonds is 4. The first-order valence-electron chi connectivity index (χ1n) is 6.82. The first kappa shape index (κ1) is 15.3. The normalized spacial score (nSPS) is 11.4. The molecule has 0 aliphatic heterocycles. The van der Waals surface area contributed by atoms with Crippen molar-refractivity contribution in [3.8, 4) is 5.75 Å². The van der Waals surface area contributed by atoms with Crippen molar-refractivity contribution in [2.24, 2.45) is 5.84 Å². The second kappa shape index (κ2) is 5.86. The standard InChI is InChI=1S/C16H15N3O3S/c1-22-13-7-3-8-14(11-13)23(20,21)19(17)15-9-2-5-12-6-4-10-18-16(12)15/h2-11H,17H2,1H3. The monoisotopic (exact) mass is 329 g/mol. The van der Waals surface area contributed by atoms with Crippen molar-refractivity contribution >= 4 is 26.6 Å². The number of sulfonamides is 1. The maximum absolute atomic E-state index is 12.8. The Bertz CT molecular complexity index is 952. The summed E-state index contributed by atoms with van der Waals surface area (Å²) in [6, 6.07) is 15.0. The number of fused-ring (bicyclic) bond motifs is 1. The van der Waals surface area contributed by atoms with Gasteiger partial charge < -0.3 is 4.74 Å². The molecular formula is C16H15N3O3S. The summed E-state index contributed by atoms with van der Waals surface area (Å²) in [4.78, 5) is 4.28. The zero-order chi connectivity index (χ0) is 16.4. The number of pyridine rings is 1. The Hall–Kier alpha value is -2.64. The largest absolute Gasteiger partial charge is 0.497 e. The molecule has 0 unspecified atom stereocenters. The Morgan fingerprint density at radius 1 is 1.09 bits per heavy atom. The van der Waals surface area contributed by atoms with Gasteiger partial charge >= 0.3 is 0 Å². The van der Waals surface area contributed by atoms with Crippen molar-refractivity contribution < 1.29 is 13.2 Å². The number of ether oxygens (including phenoxy) is 1. The van der Waals surface area contributed by atoms with Crippen molar-refractivity contribution in [2.45, 2.75) is 4.90 Å². The molecule has 0 atom stereocenters. The molecule has 0 spiro atoms. The van der Waals surface area contributed by atoms with Crippen LogP contribution in [0.2, 0.25) is 0 Å². The van der Waals surface area contributed by atoms with Crippen LogP contribution < -0.4 is 15.0 Å². The van der Waals surface area contributed by atoms with E-state index < -0.39 is 10.0 Å². The lowest BCUT2D eigenvalue weighted by molar-refractivity contribution is 0.413. The Kier molecular flexibility index (Phi) is 3.89. The summed E-state index contributed by atoms with van der Waals surface area (Å²) >= 11 is 0. The zero-order valence-corrected chi connectivity index (χ0v) is 13.2. The van der Waals surface area contributed by atoms with Crippen LogP contribution in [0, 0.1) is 0 Å². The summed E-state index contributed by atoms with van der Waals surface area (Å²) in [6.45, 7) is 0. The summed E-state index contributed by atoms with van der Waals surface area (Å²) in [7, 11) is -2.45. The van der Waals surface area contributed by atoms with E-state index in [4.69, 9.17) is 10.6 Å². The molecular weight excluding hydrogens is 314 g/mol. The molecule has 0 fully saturated rings. The summed E-state index contributed by atoms with van der Waals surface area (Å²) in [5.74, 6) is 6.37. The third kappa shape index (κ3) is 2.71. The Morgan fingerprint density at radius 2 is 1.83 bits per heavy atom. The highest BCUT2D eigenvalue weighted by Crippen LogP contribution is 2.28. The first-order valence-corrected chi connectivity index (χ1v) is 8.26. The minimum atomic E-state index is -3.92. The number of aromatic nitrogens is 1. The lowest BCUT2D eigenvalue weighted by Gasteiger charge is -2.20. The lowest BCUT2D eigenvalue weighted by atomic mass is 10.2. The molecule has 0 amide bonds. The highest BCUT2D eigenvalue weighted by molar-refractivity contribution is 7.92. The minimum absolute atomic E-state index is 0.0484. The van der Waals surface area contributed by atoms with Crippen LogP contribution in [0.15, 0.2) is 65.7 Å². The highest BCUT2D eigenvalue weighted by atomic mass is 32.2. The summed E-state index contributed by atoms with van der Waals surface area (Å²) in [5, 5.41) is 0.807. The number of methoxy groups -OCH3 is 1. The first-order chi connectivity index (χ1) is 11.0. The average molecular weight is 329 g/mol. The molecule has 3 aromatic rings. The molecule has 23 heavy (non-hydrogen) atoms. The van der Waals surface area contributed by atoms with Crippen molar-refractivity contribution in [3.05, 3.63) is 60.8 Å². The van der Waals surface area contributed by atoms with Gasteiger partial charge in [0.2, 0.25) is 0 Å². The maximum Gasteiger partial charge on any atom is 0.277 e. The van der Waals surface area contributed by atoms with Gasteiger partial charge in [-0.1, -0.05) is 24.3 Å². The molecule has 0 saturated carbocycles. The average Bonchev–Trinajstić information content (AvgIpc) is 2.60. The van der Waals surface area contributed by atoms with E-state index in [9.17, 15) is 8.42 Å². The van der Waals surface area contributed by atoms with Crippen molar-refractivity contribution in [3.63, 3.8) is 0 Å². The van der Waals surface area contributed by atoms with Crippen LogP contribution in [0.25, 0.3) is 10.9 Å². The maximum atomic E-state index is 12.8. The van der Waals surface area contributed by atoms with Gasteiger partial charge in [0.1, 0.15) is 5.75 Å². The summed E-state index contributed by atoms with van der Waals surface area (Å²) in [5.41, 5.74) is 0.829. The Balaban J connectivity index is 2.12. The van der Waals surface area contributed by atoms with E-state index in [0.717, 1.165) is 9.80 Å². The van der Waals surface area contributed by atoms with E-state index in [2.05, 4.69) is 4.98 Å². The zero-order valence-electron chi connectivity index (χ0n) is 12.4. The summed E-state index contributed by atoms with van der Waals surface area (Å²) < 4.78 is 31.3. The highest BCUT2D eigenvalue weighted by Gasteiger charge is 2.24. The predicted octanol–water partition coefficient (Wildman–Crippen LogP) is 2.31. The molecule has 6 nitrogen and oxygen atoms in total. The van der Waals surface area contributed by atoms with Crippen LogP contribution in [0.4, 0.5) is 5.69 Å². The number of nitrogens with two attached hydrogens (primary N) is 1. The van der Waals surface area contributed by atoms with Gasteiger partial charge in [-0.05, 0) is 24.3 Å². The topological polar surface area (TPSA) is 85.5 Å². The lowest BCUT2D eigenvalue weighted by Crippen LogP contribution is -2.37. The molecule has 0 saturated heterocycles. The van der Waals surface area contributed by atoms with Gasteiger partial charge in [0, 0.05) is 17.6 Å². The van der Waals surface area contributed by atoms with Gasteiger partial charge in [0.15, 0.2) is 0 Å². The van der Waals surface area contributed by atoms with Crippen molar-refractivity contribution in [1.82, 2.24) is 4.98 Å². The number of hydrazine groups is 1. The van der Waals surface area contributed by atoms with E-state index in [1.165, 1.54) is 19.2 Å². The van der Waals surface area contributed by atoms with E-state index >= 15 is 0 Å². The van der Waals surface area contributed by atoms with E-state index in [1.54, 1.807) is 36.5 Å². The van der Waals surface area contributed by atoms with Crippen molar-refractivity contribution in [1.29, 1.82) is 0 Å². The van der Waals surface area contributed by atoms with Gasteiger partial charge in [0.05, 0.1) is 23.2 Å². The molecule has 2 aromatic carbocycles. The second-order valence-electron chi connectivity index (χ2n) is 4.83. The van der Waals surface area contributed by atoms with Gasteiger partial charge in [-0.15, -0.1) is 0 Å². The molecule has 0 bridgehead atoms. The fourth-order valence-electron chi connectivity index (χ4n) is 2.27. The third-order valence-electron chi connectivity index (χ3n) is 3.45. The molecule has 1 aromatic heterocycles. The minimum Gasteiger partial charge on any atom is -0.497 e. The van der Waals surface area contributed by atoms with Crippen LogP contribution in [0.5, 0.6) is 5.75 Å². The smallest absolute Gasteiger partial charge is 0.277 e. The summed E-state index contributed by atoms with van der Waals surface area (Å²) in [6.07, 6.45) is 1.60. The van der Waals surface area contributed by atoms with E-state index in [-0.39, 0.29) is 4.90 Å². The molecule has 0 aliphatic rings. The van der Waals surface area contributed by atoms with E-state index in [0.29, 0.717) is 17.0 Å². The number of hydrogen-bond donors (Lipinski definition) is 1.